The van der Waals surface area contributed by atoms with E-state index >= 15 is 0 Å². The van der Waals surface area contributed by atoms with Crippen molar-refractivity contribution in [2.45, 2.75) is 25.8 Å². The monoisotopic (exact) mass is 328 g/mol. The Hall–Kier alpha value is -0.420. The predicted molar refractivity (Wildman–Crippen MR) is 84.4 cm³/mol. The minimum atomic E-state index is 0.235. The van der Waals surface area contributed by atoms with Crippen LogP contribution in [0.5, 0.6) is 0 Å². The summed E-state index contributed by atoms with van der Waals surface area (Å²) in [5.41, 5.74) is 1.30. The Morgan fingerprint density at radius 1 is 1.26 bits per heavy atom. The summed E-state index contributed by atoms with van der Waals surface area (Å²) >= 11 is 3.61. The molecule has 0 aliphatic heterocycles. The number of halogens is 1. The number of aliphatic hydroxyl groups excluding tert-OH is 1. The quantitative estimate of drug-likeness (QED) is 0.731. The molecule has 0 fully saturated rings. The highest BCUT2D eigenvalue weighted by molar-refractivity contribution is 9.10. The van der Waals surface area contributed by atoms with Crippen LogP contribution in [0.2, 0.25) is 0 Å². The summed E-state index contributed by atoms with van der Waals surface area (Å²) in [6.07, 6.45) is 2.17. The molecule has 0 radical (unpaired) electrons. The van der Waals surface area contributed by atoms with Gasteiger partial charge in [-0.3, -0.25) is 0 Å². The molecule has 0 aliphatic carbocycles. The molecule has 4 heteroatoms. The van der Waals surface area contributed by atoms with Crippen LogP contribution in [0.3, 0.4) is 0 Å². The van der Waals surface area contributed by atoms with Gasteiger partial charge in [-0.2, -0.15) is 0 Å². The van der Waals surface area contributed by atoms with Crippen molar-refractivity contribution in [1.29, 1.82) is 0 Å². The van der Waals surface area contributed by atoms with Gasteiger partial charge in [0.1, 0.15) is 0 Å². The fraction of sp³-hybridized carbons (Fsp3) is 0.600. The number of aliphatic hydroxyl groups is 1. The average Bonchev–Trinajstić information content (AvgIpc) is 2.41. The molecule has 19 heavy (non-hydrogen) atoms. The van der Waals surface area contributed by atoms with E-state index in [2.05, 4.69) is 51.3 Å². The summed E-state index contributed by atoms with van der Waals surface area (Å²) in [6, 6.07) is 8.68. The van der Waals surface area contributed by atoms with Crippen LogP contribution in [-0.2, 0) is 0 Å². The van der Waals surface area contributed by atoms with E-state index in [0.717, 1.165) is 36.9 Å². The lowest BCUT2D eigenvalue weighted by atomic mass is 10.0. The van der Waals surface area contributed by atoms with Gasteiger partial charge >= 0.3 is 0 Å². The molecular weight excluding hydrogens is 304 g/mol. The molecule has 0 bridgehead atoms. The van der Waals surface area contributed by atoms with Gasteiger partial charge in [-0.1, -0.05) is 41.1 Å². The van der Waals surface area contributed by atoms with Crippen molar-refractivity contribution in [2.24, 2.45) is 0 Å². The van der Waals surface area contributed by atoms with E-state index in [1.807, 2.05) is 13.1 Å². The molecule has 1 rings (SSSR count). The third-order valence-electron chi connectivity index (χ3n) is 3.32. The van der Waals surface area contributed by atoms with Crippen molar-refractivity contribution in [3.8, 4) is 0 Å². The van der Waals surface area contributed by atoms with Gasteiger partial charge in [-0.25, -0.2) is 0 Å². The van der Waals surface area contributed by atoms with Crippen LogP contribution in [0.25, 0.3) is 0 Å². The van der Waals surface area contributed by atoms with Gasteiger partial charge in [-0.05, 0) is 38.1 Å². The molecule has 0 amide bonds. The highest BCUT2D eigenvalue weighted by Gasteiger charge is 2.13. The lowest BCUT2D eigenvalue weighted by Gasteiger charge is -2.24. The number of hydrogen-bond acceptors (Lipinski definition) is 3. The van der Waals surface area contributed by atoms with Crippen LogP contribution in [0.4, 0.5) is 0 Å². The topological polar surface area (TPSA) is 35.5 Å². The zero-order valence-corrected chi connectivity index (χ0v) is 13.5. The van der Waals surface area contributed by atoms with Crippen molar-refractivity contribution < 1.29 is 5.11 Å². The smallest absolute Gasteiger partial charge is 0.0558 e. The molecule has 0 aliphatic rings. The van der Waals surface area contributed by atoms with Gasteiger partial charge in [0, 0.05) is 23.6 Å². The SMILES string of the molecule is CCCN(CCO)CCC(NC)c1ccccc1Br. The van der Waals surface area contributed by atoms with Crippen molar-refractivity contribution in [2.75, 3.05) is 33.3 Å². The highest BCUT2D eigenvalue weighted by Crippen LogP contribution is 2.25. The molecule has 3 nitrogen and oxygen atoms in total. The molecule has 0 saturated heterocycles. The van der Waals surface area contributed by atoms with Crippen molar-refractivity contribution in [3.63, 3.8) is 0 Å². The summed E-state index contributed by atoms with van der Waals surface area (Å²) in [4.78, 5) is 2.32. The van der Waals surface area contributed by atoms with E-state index in [0.29, 0.717) is 6.04 Å². The van der Waals surface area contributed by atoms with E-state index < -0.39 is 0 Å². The van der Waals surface area contributed by atoms with Crippen LogP contribution in [-0.4, -0.2) is 43.3 Å². The average molecular weight is 329 g/mol. The summed E-state index contributed by atoms with van der Waals surface area (Å²) in [5, 5.41) is 12.5. The fourth-order valence-corrected chi connectivity index (χ4v) is 2.88. The Morgan fingerprint density at radius 2 is 2.00 bits per heavy atom. The largest absolute Gasteiger partial charge is 0.395 e. The van der Waals surface area contributed by atoms with Crippen LogP contribution < -0.4 is 5.32 Å². The lowest BCUT2D eigenvalue weighted by molar-refractivity contribution is 0.190. The van der Waals surface area contributed by atoms with Crippen LogP contribution in [0.1, 0.15) is 31.4 Å². The van der Waals surface area contributed by atoms with E-state index in [1.54, 1.807) is 0 Å². The van der Waals surface area contributed by atoms with Gasteiger partial charge in [0.2, 0.25) is 0 Å². The summed E-state index contributed by atoms with van der Waals surface area (Å²) in [5.74, 6) is 0. The zero-order chi connectivity index (χ0) is 14.1. The molecule has 1 aromatic rings. The molecule has 0 heterocycles. The molecular formula is C15H25BrN2O. The van der Waals surface area contributed by atoms with Gasteiger partial charge in [0.25, 0.3) is 0 Å². The molecule has 0 aromatic heterocycles. The van der Waals surface area contributed by atoms with Gasteiger partial charge in [-0.15, -0.1) is 0 Å². The summed E-state index contributed by atoms with van der Waals surface area (Å²) in [6.45, 7) is 5.22. The fourth-order valence-electron chi connectivity index (χ4n) is 2.32. The van der Waals surface area contributed by atoms with E-state index in [4.69, 9.17) is 5.11 Å². The second kappa shape index (κ2) is 9.48. The number of nitrogens with zero attached hydrogens (tertiary/aromatic N) is 1. The molecule has 1 unspecified atom stereocenters. The summed E-state index contributed by atoms with van der Waals surface area (Å²) < 4.78 is 1.15. The Kier molecular flexibility index (Phi) is 8.30. The molecule has 1 aromatic carbocycles. The maximum Gasteiger partial charge on any atom is 0.0558 e. The third kappa shape index (κ3) is 5.61. The molecule has 0 saturated carbocycles. The van der Waals surface area contributed by atoms with Crippen molar-refractivity contribution in [3.05, 3.63) is 34.3 Å². The number of rotatable bonds is 9. The Bertz CT molecular complexity index is 354. The molecule has 2 N–H and O–H groups in total. The van der Waals surface area contributed by atoms with Crippen LogP contribution in [0.15, 0.2) is 28.7 Å². The maximum atomic E-state index is 9.08. The second-order valence-corrected chi connectivity index (χ2v) is 5.57. The highest BCUT2D eigenvalue weighted by atomic mass is 79.9. The number of benzene rings is 1. The first-order valence-corrected chi connectivity index (χ1v) is 7.77. The number of nitrogens with one attached hydrogen (secondary N) is 1. The van der Waals surface area contributed by atoms with E-state index in [-0.39, 0.29) is 6.61 Å². The standard InChI is InChI=1S/C15H25BrN2O/c1-3-9-18(11-12-19)10-8-15(17-2)13-6-4-5-7-14(13)16/h4-7,15,17,19H,3,8-12H2,1-2H3. The second-order valence-electron chi connectivity index (χ2n) is 4.72. The van der Waals surface area contributed by atoms with E-state index in [9.17, 15) is 0 Å². The van der Waals surface area contributed by atoms with Gasteiger partial charge in [0.05, 0.1) is 6.61 Å². The van der Waals surface area contributed by atoms with Crippen LogP contribution >= 0.6 is 15.9 Å². The molecule has 1 atom stereocenters. The van der Waals surface area contributed by atoms with Gasteiger partial charge < -0.3 is 15.3 Å². The van der Waals surface area contributed by atoms with Crippen molar-refractivity contribution in [1.82, 2.24) is 10.2 Å². The first-order valence-electron chi connectivity index (χ1n) is 6.97. The minimum Gasteiger partial charge on any atom is -0.395 e. The third-order valence-corrected chi connectivity index (χ3v) is 4.04. The van der Waals surface area contributed by atoms with E-state index in [1.165, 1.54) is 5.56 Å². The van der Waals surface area contributed by atoms with Crippen LogP contribution in [0, 0.1) is 0 Å². The number of hydrogen-bond donors (Lipinski definition) is 2. The Balaban J connectivity index is 2.59. The van der Waals surface area contributed by atoms with Crippen molar-refractivity contribution >= 4 is 15.9 Å². The summed E-state index contributed by atoms with van der Waals surface area (Å²) in [7, 11) is 2.00. The Morgan fingerprint density at radius 3 is 2.58 bits per heavy atom. The first-order chi connectivity index (χ1) is 9.22. The first kappa shape index (κ1) is 16.6. The minimum absolute atomic E-state index is 0.235. The zero-order valence-electron chi connectivity index (χ0n) is 11.9. The van der Waals surface area contributed by atoms with Gasteiger partial charge in [0.15, 0.2) is 0 Å². The lowest BCUT2D eigenvalue weighted by Crippen LogP contribution is -2.31. The Labute approximate surface area is 125 Å². The molecule has 0 spiro atoms. The molecule has 108 valence electrons. The normalized spacial score (nSPS) is 12.9. The maximum absolute atomic E-state index is 9.08. The predicted octanol–water partition coefficient (Wildman–Crippen LogP) is 2.80.